The highest BCUT2D eigenvalue weighted by Gasteiger charge is 2.31. The smallest absolute Gasteiger partial charge is 0.328 e. The van der Waals surface area contributed by atoms with E-state index in [9.17, 15) is 24.0 Å². The number of hydrogen-bond donors (Lipinski definition) is 8. The van der Waals surface area contributed by atoms with Gasteiger partial charge in [0.15, 0.2) is 0 Å². The van der Waals surface area contributed by atoms with Gasteiger partial charge in [0.1, 0.15) is 18.1 Å². The molecule has 0 aliphatic carbocycles. The van der Waals surface area contributed by atoms with Gasteiger partial charge in [-0.2, -0.15) is 12.6 Å². The van der Waals surface area contributed by atoms with Crippen molar-refractivity contribution in [3.05, 3.63) is 0 Å². The van der Waals surface area contributed by atoms with Gasteiger partial charge >= 0.3 is 11.9 Å². The predicted molar refractivity (Wildman–Crippen MR) is 104 cm³/mol. The summed E-state index contributed by atoms with van der Waals surface area (Å²) in [6.07, 6.45) is -0.179. The SMILES string of the molecule is CCC(C)C(N)C(=O)NC(CC(=O)O)C(=O)NC(CS)C(=O)NC(CO)C(=O)O. The van der Waals surface area contributed by atoms with Gasteiger partial charge in [-0.3, -0.25) is 19.2 Å². The van der Waals surface area contributed by atoms with Crippen molar-refractivity contribution < 1.29 is 39.3 Å². The van der Waals surface area contributed by atoms with Crippen LogP contribution in [0.5, 0.6) is 0 Å². The minimum atomic E-state index is -1.59. The highest BCUT2D eigenvalue weighted by atomic mass is 32.1. The molecule has 0 rings (SSSR count). The molecular formula is C16H28N4O8S. The summed E-state index contributed by atoms with van der Waals surface area (Å²) in [5.41, 5.74) is 5.78. The van der Waals surface area contributed by atoms with Gasteiger partial charge in [0.05, 0.1) is 19.1 Å². The Labute approximate surface area is 173 Å². The van der Waals surface area contributed by atoms with Gasteiger partial charge in [0.2, 0.25) is 17.7 Å². The Morgan fingerprint density at radius 2 is 1.41 bits per heavy atom. The van der Waals surface area contributed by atoms with Crippen LogP contribution in [-0.4, -0.2) is 81.5 Å². The third-order valence-corrected chi connectivity index (χ3v) is 4.55. The lowest BCUT2D eigenvalue weighted by atomic mass is 9.99. The second kappa shape index (κ2) is 13.0. The van der Waals surface area contributed by atoms with Crippen molar-refractivity contribution in [1.29, 1.82) is 0 Å². The van der Waals surface area contributed by atoms with Crippen molar-refractivity contribution in [2.45, 2.75) is 50.9 Å². The minimum absolute atomic E-state index is 0.217. The molecule has 166 valence electrons. The summed E-state index contributed by atoms with van der Waals surface area (Å²) >= 11 is 3.90. The third-order valence-electron chi connectivity index (χ3n) is 4.18. The van der Waals surface area contributed by atoms with Crippen LogP contribution in [0.4, 0.5) is 0 Å². The Balaban J connectivity index is 5.23. The van der Waals surface area contributed by atoms with Crippen LogP contribution in [0.1, 0.15) is 26.7 Å². The highest BCUT2D eigenvalue weighted by Crippen LogP contribution is 2.06. The van der Waals surface area contributed by atoms with E-state index in [-0.39, 0.29) is 11.7 Å². The normalized spacial score (nSPS) is 15.9. The standard InChI is InChI=1S/C16H28N4O8S/c1-3-7(2)12(17)15(26)18-8(4-11(22)23)13(24)20-10(6-29)14(25)19-9(5-21)16(27)28/h7-10,12,21,29H,3-6,17H2,1-2H3,(H,18,26)(H,19,25)(H,20,24)(H,22,23)(H,27,28). The molecule has 29 heavy (non-hydrogen) atoms. The molecule has 0 spiro atoms. The molecule has 0 bridgehead atoms. The first-order valence-electron chi connectivity index (χ1n) is 8.81. The number of carbonyl (C=O) groups excluding carboxylic acids is 3. The summed E-state index contributed by atoms with van der Waals surface area (Å²) < 4.78 is 0. The Bertz CT molecular complexity index is 618. The van der Waals surface area contributed by atoms with E-state index in [1.807, 2.05) is 12.2 Å². The molecule has 0 aromatic rings. The van der Waals surface area contributed by atoms with E-state index in [1.54, 1.807) is 6.92 Å². The van der Waals surface area contributed by atoms with Crippen molar-refractivity contribution >= 4 is 42.3 Å². The van der Waals surface area contributed by atoms with Crippen molar-refractivity contribution in [2.75, 3.05) is 12.4 Å². The molecule has 0 saturated heterocycles. The average molecular weight is 436 g/mol. The van der Waals surface area contributed by atoms with Crippen molar-refractivity contribution in [3.8, 4) is 0 Å². The number of nitrogens with two attached hydrogens (primary N) is 1. The lowest BCUT2D eigenvalue weighted by Gasteiger charge is -2.24. The van der Waals surface area contributed by atoms with Crippen LogP contribution in [0.15, 0.2) is 0 Å². The summed E-state index contributed by atoms with van der Waals surface area (Å²) in [5, 5.41) is 33.3. The molecular weight excluding hydrogens is 408 g/mol. The van der Waals surface area contributed by atoms with Crippen LogP contribution >= 0.6 is 12.6 Å². The van der Waals surface area contributed by atoms with Gasteiger partial charge in [-0.05, 0) is 5.92 Å². The van der Waals surface area contributed by atoms with E-state index in [4.69, 9.17) is 21.1 Å². The number of thiol groups is 1. The summed E-state index contributed by atoms with van der Waals surface area (Å²) in [5.74, 6) is -5.99. The van der Waals surface area contributed by atoms with Crippen LogP contribution in [0.3, 0.4) is 0 Å². The van der Waals surface area contributed by atoms with E-state index in [1.165, 1.54) is 0 Å². The molecule has 0 heterocycles. The first kappa shape index (κ1) is 26.6. The third kappa shape index (κ3) is 9.11. The molecule has 0 aromatic carbocycles. The van der Waals surface area contributed by atoms with Crippen molar-refractivity contribution in [1.82, 2.24) is 16.0 Å². The summed E-state index contributed by atoms with van der Waals surface area (Å²) in [6, 6.07) is -5.41. The van der Waals surface area contributed by atoms with Crippen LogP contribution < -0.4 is 21.7 Å². The first-order valence-corrected chi connectivity index (χ1v) is 9.44. The van der Waals surface area contributed by atoms with Crippen LogP contribution in [-0.2, 0) is 24.0 Å². The van der Waals surface area contributed by atoms with Crippen LogP contribution in [0.2, 0.25) is 0 Å². The fourth-order valence-corrected chi connectivity index (χ4v) is 2.35. The molecule has 0 saturated carbocycles. The number of rotatable bonds is 13. The van der Waals surface area contributed by atoms with E-state index in [2.05, 4.69) is 23.3 Å². The van der Waals surface area contributed by atoms with Gasteiger partial charge < -0.3 is 37.0 Å². The zero-order valence-electron chi connectivity index (χ0n) is 16.1. The largest absolute Gasteiger partial charge is 0.481 e. The molecule has 5 atom stereocenters. The zero-order chi connectivity index (χ0) is 22.7. The number of carboxylic acids is 2. The van der Waals surface area contributed by atoms with Gasteiger partial charge in [-0.25, -0.2) is 4.79 Å². The molecule has 8 N–H and O–H groups in total. The molecule has 0 aliphatic heterocycles. The van der Waals surface area contributed by atoms with E-state index in [0.29, 0.717) is 6.42 Å². The molecule has 0 aromatic heterocycles. The topological polar surface area (TPSA) is 208 Å². The van der Waals surface area contributed by atoms with Gasteiger partial charge in [-0.15, -0.1) is 0 Å². The molecule has 0 aliphatic rings. The number of hydrogen-bond acceptors (Lipinski definition) is 8. The van der Waals surface area contributed by atoms with E-state index >= 15 is 0 Å². The molecule has 0 fully saturated rings. The number of carboxylic acid groups (broad SMARTS) is 2. The second-order valence-corrected chi connectivity index (χ2v) is 6.76. The maximum atomic E-state index is 12.4. The van der Waals surface area contributed by atoms with Gasteiger partial charge in [0, 0.05) is 5.75 Å². The number of aliphatic carboxylic acids is 2. The Morgan fingerprint density at radius 1 is 0.931 bits per heavy atom. The quantitative estimate of drug-likeness (QED) is 0.141. The number of amides is 3. The summed E-state index contributed by atoms with van der Waals surface area (Å²) in [4.78, 5) is 58.7. The Morgan fingerprint density at radius 3 is 1.83 bits per heavy atom. The molecule has 3 amide bonds. The monoisotopic (exact) mass is 436 g/mol. The summed E-state index contributed by atoms with van der Waals surface area (Å²) in [6.45, 7) is 2.66. The summed E-state index contributed by atoms with van der Waals surface area (Å²) in [7, 11) is 0. The lowest BCUT2D eigenvalue weighted by molar-refractivity contribution is -0.144. The number of aliphatic hydroxyl groups excluding tert-OH is 1. The van der Waals surface area contributed by atoms with Crippen molar-refractivity contribution in [3.63, 3.8) is 0 Å². The van der Waals surface area contributed by atoms with Gasteiger partial charge in [-0.1, -0.05) is 20.3 Å². The minimum Gasteiger partial charge on any atom is -0.481 e. The maximum absolute atomic E-state index is 12.4. The average Bonchev–Trinajstić information content (AvgIpc) is 2.67. The molecule has 5 unspecified atom stereocenters. The fourth-order valence-electron chi connectivity index (χ4n) is 2.09. The zero-order valence-corrected chi connectivity index (χ0v) is 17.0. The fraction of sp³-hybridized carbons (Fsp3) is 0.688. The van der Waals surface area contributed by atoms with Crippen LogP contribution in [0, 0.1) is 5.92 Å². The Hall–Kier alpha value is -2.38. The molecule has 0 radical (unpaired) electrons. The van der Waals surface area contributed by atoms with Gasteiger partial charge in [0.25, 0.3) is 0 Å². The van der Waals surface area contributed by atoms with E-state index in [0.717, 1.165) is 0 Å². The highest BCUT2D eigenvalue weighted by molar-refractivity contribution is 7.80. The van der Waals surface area contributed by atoms with Crippen molar-refractivity contribution in [2.24, 2.45) is 11.7 Å². The second-order valence-electron chi connectivity index (χ2n) is 6.40. The lowest BCUT2D eigenvalue weighted by Crippen LogP contribution is -2.58. The number of aliphatic hydroxyl groups is 1. The first-order chi connectivity index (χ1) is 13.5. The number of nitrogens with one attached hydrogen (secondary N) is 3. The Kier molecular flexibility index (Phi) is 11.9. The van der Waals surface area contributed by atoms with Crippen LogP contribution in [0.25, 0.3) is 0 Å². The number of carbonyl (C=O) groups is 5. The predicted octanol–water partition coefficient (Wildman–Crippen LogP) is -2.70. The maximum Gasteiger partial charge on any atom is 0.328 e. The molecule has 12 nitrogen and oxygen atoms in total. The van der Waals surface area contributed by atoms with E-state index < -0.39 is 66.9 Å². The molecule has 13 heteroatoms.